The Labute approximate surface area is 130 Å². The Morgan fingerprint density at radius 1 is 1.43 bits per heavy atom. The van der Waals surface area contributed by atoms with Gasteiger partial charge in [0.2, 0.25) is 0 Å². The fourth-order valence-corrected chi connectivity index (χ4v) is 3.87. The van der Waals surface area contributed by atoms with E-state index in [1.807, 2.05) is 6.20 Å². The monoisotopic (exact) mass is 301 g/mol. The molecule has 1 aliphatic rings. The molecule has 2 aromatic rings. The van der Waals surface area contributed by atoms with Crippen LogP contribution in [0.25, 0.3) is 0 Å². The molecule has 0 fully saturated rings. The molecule has 0 spiro atoms. The summed E-state index contributed by atoms with van der Waals surface area (Å²) in [5, 5.41) is 5.69. The first kappa shape index (κ1) is 14.7. The van der Waals surface area contributed by atoms with Gasteiger partial charge in [0.25, 0.3) is 0 Å². The van der Waals surface area contributed by atoms with Crippen molar-refractivity contribution in [2.24, 2.45) is 5.41 Å². The summed E-state index contributed by atoms with van der Waals surface area (Å²) in [4.78, 5) is 10.8. The zero-order chi connectivity index (χ0) is 14.9. The van der Waals surface area contributed by atoms with Crippen LogP contribution >= 0.6 is 11.3 Å². The van der Waals surface area contributed by atoms with E-state index in [0.29, 0.717) is 11.5 Å². The van der Waals surface area contributed by atoms with Crippen molar-refractivity contribution in [3.8, 4) is 0 Å². The van der Waals surface area contributed by atoms with Gasteiger partial charge in [0.1, 0.15) is 5.82 Å². The molecule has 1 unspecified atom stereocenters. The topological polar surface area (TPSA) is 37.8 Å². The van der Waals surface area contributed by atoms with Gasteiger partial charge < -0.3 is 5.32 Å². The number of nitrogens with one attached hydrogen (secondary N) is 1. The Morgan fingerprint density at radius 2 is 2.29 bits per heavy atom. The van der Waals surface area contributed by atoms with Crippen LogP contribution in [0.15, 0.2) is 23.7 Å². The molecule has 0 amide bonds. The maximum absolute atomic E-state index is 4.87. The third kappa shape index (κ3) is 3.33. The van der Waals surface area contributed by atoms with E-state index in [-0.39, 0.29) is 0 Å². The number of aromatic nitrogens is 2. The maximum Gasteiger partial charge on any atom is 0.133 e. The second-order valence-corrected chi connectivity index (χ2v) is 7.63. The van der Waals surface area contributed by atoms with Gasteiger partial charge in [0, 0.05) is 34.8 Å². The lowest BCUT2D eigenvalue weighted by Gasteiger charge is -2.36. The van der Waals surface area contributed by atoms with Gasteiger partial charge in [-0.25, -0.2) is 9.97 Å². The molecule has 0 radical (unpaired) electrons. The first-order valence-corrected chi connectivity index (χ1v) is 8.56. The fourth-order valence-electron chi connectivity index (χ4n) is 3.17. The van der Waals surface area contributed by atoms with E-state index in [0.717, 1.165) is 31.6 Å². The summed E-state index contributed by atoms with van der Waals surface area (Å²) in [7, 11) is 0. The van der Waals surface area contributed by atoms with E-state index < -0.39 is 0 Å². The minimum atomic E-state index is 0.300. The van der Waals surface area contributed by atoms with E-state index in [1.165, 1.54) is 16.1 Å². The predicted octanol–water partition coefficient (Wildman–Crippen LogP) is 3.75. The van der Waals surface area contributed by atoms with Gasteiger partial charge in [-0.2, -0.15) is 0 Å². The summed E-state index contributed by atoms with van der Waals surface area (Å²) >= 11 is 1.77. The standard InChI is InChI=1S/C17H23N3S/c1-4-18-14-9-17(2,3)10-15-13(14)11-19-16(20-15)8-12-6-5-7-21-12/h5-7,11,14,18H,4,8-10H2,1-3H3. The molecule has 112 valence electrons. The third-order valence-corrected chi connectivity index (χ3v) is 4.97. The van der Waals surface area contributed by atoms with Crippen LogP contribution in [0.5, 0.6) is 0 Å². The lowest BCUT2D eigenvalue weighted by Crippen LogP contribution is -2.34. The van der Waals surface area contributed by atoms with Gasteiger partial charge in [-0.1, -0.05) is 26.8 Å². The molecule has 1 atom stereocenters. The van der Waals surface area contributed by atoms with Crippen LogP contribution in [0, 0.1) is 5.41 Å². The average Bonchev–Trinajstić information content (AvgIpc) is 2.90. The number of rotatable bonds is 4. The van der Waals surface area contributed by atoms with Crippen molar-refractivity contribution in [2.45, 2.75) is 46.1 Å². The smallest absolute Gasteiger partial charge is 0.133 e. The summed E-state index contributed by atoms with van der Waals surface area (Å²) in [5.74, 6) is 0.948. The number of hydrogen-bond acceptors (Lipinski definition) is 4. The molecule has 0 bridgehead atoms. The number of hydrogen-bond donors (Lipinski definition) is 1. The van der Waals surface area contributed by atoms with Crippen molar-refractivity contribution in [1.82, 2.24) is 15.3 Å². The van der Waals surface area contributed by atoms with Crippen molar-refractivity contribution >= 4 is 11.3 Å². The summed E-state index contributed by atoms with van der Waals surface area (Å²) in [6.45, 7) is 7.81. The molecule has 1 N–H and O–H groups in total. The minimum absolute atomic E-state index is 0.300. The van der Waals surface area contributed by atoms with Gasteiger partial charge >= 0.3 is 0 Å². The largest absolute Gasteiger partial charge is 0.310 e. The van der Waals surface area contributed by atoms with Crippen LogP contribution in [-0.2, 0) is 12.8 Å². The Balaban J connectivity index is 1.89. The zero-order valence-electron chi connectivity index (χ0n) is 13.0. The highest BCUT2D eigenvalue weighted by atomic mass is 32.1. The van der Waals surface area contributed by atoms with Crippen molar-refractivity contribution in [3.05, 3.63) is 45.7 Å². The number of nitrogens with zero attached hydrogens (tertiary/aromatic N) is 2. The Morgan fingerprint density at radius 3 is 3.00 bits per heavy atom. The van der Waals surface area contributed by atoms with Crippen molar-refractivity contribution in [2.75, 3.05) is 6.54 Å². The second-order valence-electron chi connectivity index (χ2n) is 6.60. The van der Waals surface area contributed by atoms with Gasteiger partial charge in [-0.3, -0.25) is 0 Å². The summed E-state index contributed by atoms with van der Waals surface area (Å²) < 4.78 is 0. The lowest BCUT2D eigenvalue weighted by molar-refractivity contribution is 0.255. The molecular weight excluding hydrogens is 278 g/mol. The molecule has 0 aliphatic heterocycles. The van der Waals surface area contributed by atoms with Crippen LogP contribution in [-0.4, -0.2) is 16.5 Å². The number of fused-ring (bicyclic) bond motifs is 1. The SMILES string of the molecule is CCNC1CC(C)(C)Cc2nc(Cc3cccs3)ncc21. The zero-order valence-corrected chi connectivity index (χ0v) is 13.8. The van der Waals surface area contributed by atoms with E-state index in [1.54, 1.807) is 11.3 Å². The van der Waals surface area contributed by atoms with Crippen LogP contribution in [0.4, 0.5) is 0 Å². The van der Waals surface area contributed by atoms with Gasteiger partial charge in [0.05, 0.1) is 0 Å². The van der Waals surface area contributed by atoms with Crippen molar-refractivity contribution in [3.63, 3.8) is 0 Å². The van der Waals surface area contributed by atoms with Crippen molar-refractivity contribution in [1.29, 1.82) is 0 Å². The molecule has 0 saturated heterocycles. The van der Waals surface area contributed by atoms with E-state index in [2.05, 4.69) is 48.6 Å². The molecular formula is C17H23N3S. The lowest BCUT2D eigenvalue weighted by atomic mass is 9.74. The summed E-state index contributed by atoms with van der Waals surface area (Å²) in [6, 6.07) is 4.63. The first-order chi connectivity index (χ1) is 10.1. The Bertz CT molecular complexity index is 605. The molecule has 2 aromatic heterocycles. The molecule has 2 heterocycles. The van der Waals surface area contributed by atoms with Crippen LogP contribution in [0.2, 0.25) is 0 Å². The Kier molecular flexibility index (Phi) is 4.09. The fraction of sp³-hybridized carbons (Fsp3) is 0.529. The average molecular weight is 301 g/mol. The van der Waals surface area contributed by atoms with Gasteiger partial charge in [-0.15, -0.1) is 11.3 Å². The molecule has 3 nitrogen and oxygen atoms in total. The molecule has 3 rings (SSSR count). The molecule has 0 aromatic carbocycles. The van der Waals surface area contributed by atoms with E-state index >= 15 is 0 Å². The third-order valence-electron chi connectivity index (χ3n) is 4.09. The molecule has 21 heavy (non-hydrogen) atoms. The minimum Gasteiger partial charge on any atom is -0.310 e. The molecule has 1 aliphatic carbocycles. The second kappa shape index (κ2) is 5.85. The Hall–Kier alpha value is -1.26. The maximum atomic E-state index is 4.87. The highest BCUT2D eigenvalue weighted by Gasteiger charge is 2.33. The van der Waals surface area contributed by atoms with Gasteiger partial charge in [-0.05, 0) is 36.2 Å². The van der Waals surface area contributed by atoms with E-state index in [4.69, 9.17) is 4.98 Å². The van der Waals surface area contributed by atoms with Crippen LogP contribution in [0.3, 0.4) is 0 Å². The quantitative estimate of drug-likeness (QED) is 0.934. The predicted molar refractivity (Wildman–Crippen MR) is 87.7 cm³/mol. The normalized spacial score (nSPS) is 20.2. The number of thiophene rings is 1. The highest BCUT2D eigenvalue weighted by Crippen LogP contribution is 2.39. The highest BCUT2D eigenvalue weighted by molar-refractivity contribution is 7.09. The van der Waals surface area contributed by atoms with Gasteiger partial charge in [0.15, 0.2) is 0 Å². The van der Waals surface area contributed by atoms with Crippen molar-refractivity contribution < 1.29 is 0 Å². The van der Waals surface area contributed by atoms with Crippen LogP contribution in [0.1, 0.15) is 55.2 Å². The summed E-state index contributed by atoms with van der Waals surface area (Å²) in [5.41, 5.74) is 2.83. The van der Waals surface area contributed by atoms with Crippen LogP contribution < -0.4 is 5.32 Å². The van der Waals surface area contributed by atoms with E-state index in [9.17, 15) is 0 Å². The first-order valence-electron chi connectivity index (χ1n) is 7.68. The molecule has 4 heteroatoms. The summed E-state index contributed by atoms with van der Waals surface area (Å²) in [6.07, 6.45) is 5.09. The molecule has 0 saturated carbocycles.